The summed E-state index contributed by atoms with van der Waals surface area (Å²) in [5.74, 6) is 0.479. The molecule has 20 heavy (non-hydrogen) atoms. The van der Waals surface area contributed by atoms with E-state index in [0.717, 1.165) is 25.9 Å². The largest absolute Gasteiger partial charge is 0.383 e. The summed E-state index contributed by atoms with van der Waals surface area (Å²) in [6, 6.07) is 2.50. The predicted molar refractivity (Wildman–Crippen MR) is 74.2 cm³/mol. The minimum absolute atomic E-state index is 0.0765. The van der Waals surface area contributed by atoms with Crippen molar-refractivity contribution in [1.82, 2.24) is 9.88 Å². The van der Waals surface area contributed by atoms with Crippen LogP contribution in [0.2, 0.25) is 0 Å². The monoisotopic (exact) mass is 279 g/mol. The molecule has 108 valence electrons. The van der Waals surface area contributed by atoms with Crippen LogP contribution in [0.3, 0.4) is 0 Å². The Morgan fingerprint density at radius 2 is 2.15 bits per heavy atom. The van der Waals surface area contributed by atoms with E-state index in [0.29, 0.717) is 18.8 Å². The third-order valence-electron chi connectivity index (χ3n) is 3.14. The normalized spacial score (nSPS) is 14.3. The molecule has 8 heteroatoms. The molecule has 2 rings (SSSR count). The number of hydrogen-bond acceptors (Lipinski definition) is 6. The first kappa shape index (κ1) is 14.0. The molecule has 1 amide bonds. The van der Waals surface area contributed by atoms with Crippen molar-refractivity contribution in [3.05, 3.63) is 22.2 Å². The summed E-state index contributed by atoms with van der Waals surface area (Å²) in [7, 11) is 0. The fourth-order valence-corrected chi connectivity index (χ4v) is 2.16. The highest BCUT2D eigenvalue weighted by Crippen LogP contribution is 2.18. The molecule has 1 saturated heterocycles. The first-order chi connectivity index (χ1) is 9.56. The molecule has 8 nitrogen and oxygen atoms in total. The molecule has 0 aliphatic carbocycles. The summed E-state index contributed by atoms with van der Waals surface area (Å²) < 4.78 is 0. The van der Waals surface area contributed by atoms with Crippen molar-refractivity contribution in [3.8, 4) is 0 Å². The molecule has 0 saturated carbocycles. The van der Waals surface area contributed by atoms with E-state index in [1.54, 1.807) is 0 Å². The summed E-state index contributed by atoms with van der Waals surface area (Å²) in [5, 5.41) is 13.6. The Kier molecular flexibility index (Phi) is 4.34. The molecule has 1 fully saturated rings. The number of carbonyl (C=O) groups is 1. The number of anilines is 2. The van der Waals surface area contributed by atoms with Crippen LogP contribution >= 0.6 is 0 Å². The Labute approximate surface area is 116 Å². The van der Waals surface area contributed by atoms with Crippen LogP contribution in [-0.2, 0) is 4.79 Å². The van der Waals surface area contributed by atoms with Gasteiger partial charge in [-0.25, -0.2) is 4.98 Å². The van der Waals surface area contributed by atoms with Gasteiger partial charge in [-0.15, -0.1) is 0 Å². The van der Waals surface area contributed by atoms with Gasteiger partial charge in [0.25, 0.3) is 5.69 Å². The number of aromatic nitrogens is 1. The molecule has 0 bridgehead atoms. The van der Waals surface area contributed by atoms with E-state index in [1.807, 2.05) is 4.90 Å². The lowest BCUT2D eigenvalue weighted by molar-refractivity contribution is -0.384. The Morgan fingerprint density at radius 3 is 2.80 bits per heavy atom. The summed E-state index contributed by atoms with van der Waals surface area (Å²) in [6.45, 7) is 2.02. The summed E-state index contributed by atoms with van der Waals surface area (Å²) >= 11 is 0. The van der Waals surface area contributed by atoms with Crippen molar-refractivity contribution in [2.75, 3.05) is 30.7 Å². The van der Waals surface area contributed by atoms with Crippen LogP contribution in [0.5, 0.6) is 0 Å². The van der Waals surface area contributed by atoms with Gasteiger partial charge in [0.15, 0.2) is 0 Å². The molecule has 0 atom stereocenters. The minimum atomic E-state index is -0.529. The lowest BCUT2D eigenvalue weighted by atomic mass is 10.3. The van der Waals surface area contributed by atoms with Gasteiger partial charge in [0.1, 0.15) is 11.6 Å². The van der Waals surface area contributed by atoms with Crippen LogP contribution in [0, 0.1) is 10.1 Å². The Hall–Kier alpha value is -2.38. The van der Waals surface area contributed by atoms with Gasteiger partial charge in [-0.05, 0) is 12.8 Å². The van der Waals surface area contributed by atoms with Gasteiger partial charge in [-0.2, -0.15) is 0 Å². The third-order valence-corrected chi connectivity index (χ3v) is 3.14. The number of amides is 1. The fraction of sp³-hybridized carbons (Fsp3) is 0.500. The Morgan fingerprint density at radius 1 is 1.45 bits per heavy atom. The zero-order valence-electron chi connectivity index (χ0n) is 11.0. The van der Waals surface area contributed by atoms with Gasteiger partial charge in [0, 0.05) is 26.1 Å². The van der Waals surface area contributed by atoms with E-state index in [4.69, 9.17) is 5.73 Å². The van der Waals surface area contributed by atoms with E-state index < -0.39 is 4.92 Å². The fourth-order valence-electron chi connectivity index (χ4n) is 2.16. The van der Waals surface area contributed by atoms with Crippen LogP contribution in [0.15, 0.2) is 12.1 Å². The predicted octanol–water partition coefficient (Wildman–Crippen LogP) is 0.996. The number of carbonyl (C=O) groups excluding carboxylic acids is 1. The van der Waals surface area contributed by atoms with Gasteiger partial charge in [0.2, 0.25) is 5.91 Å². The highest BCUT2D eigenvalue weighted by molar-refractivity contribution is 5.77. The lowest BCUT2D eigenvalue weighted by Crippen LogP contribution is -2.29. The second-order valence-corrected chi connectivity index (χ2v) is 4.66. The minimum Gasteiger partial charge on any atom is -0.383 e. The molecule has 0 radical (unpaired) electrons. The molecule has 0 spiro atoms. The van der Waals surface area contributed by atoms with Crippen molar-refractivity contribution >= 4 is 23.2 Å². The molecule has 2 heterocycles. The first-order valence-electron chi connectivity index (χ1n) is 6.50. The maximum atomic E-state index is 11.8. The Balaban J connectivity index is 1.87. The molecule has 3 N–H and O–H groups in total. The number of nitrogens with two attached hydrogens (primary N) is 1. The second kappa shape index (κ2) is 6.18. The Bertz CT molecular complexity index is 514. The van der Waals surface area contributed by atoms with E-state index >= 15 is 0 Å². The highest BCUT2D eigenvalue weighted by Gasteiger charge is 2.17. The average Bonchev–Trinajstić information content (AvgIpc) is 2.91. The zero-order valence-corrected chi connectivity index (χ0v) is 11.0. The van der Waals surface area contributed by atoms with E-state index in [9.17, 15) is 14.9 Å². The standard InChI is InChI=1S/C12H17N5O3/c13-10-7-9(17(19)20)8-11(15-10)14-4-3-12(18)16-5-1-2-6-16/h7-8H,1-6H2,(H3,13,14,15). The topological polar surface area (TPSA) is 114 Å². The van der Waals surface area contributed by atoms with Crippen molar-refractivity contribution in [2.45, 2.75) is 19.3 Å². The van der Waals surface area contributed by atoms with Gasteiger partial charge >= 0.3 is 0 Å². The zero-order chi connectivity index (χ0) is 14.5. The molecule has 1 aromatic heterocycles. The number of rotatable bonds is 5. The van der Waals surface area contributed by atoms with Crippen molar-refractivity contribution < 1.29 is 9.72 Å². The first-order valence-corrected chi connectivity index (χ1v) is 6.50. The smallest absolute Gasteiger partial charge is 0.276 e. The van der Waals surface area contributed by atoms with Crippen molar-refractivity contribution in [2.24, 2.45) is 0 Å². The van der Waals surface area contributed by atoms with Crippen molar-refractivity contribution in [3.63, 3.8) is 0 Å². The van der Waals surface area contributed by atoms with Gasteiger partial charge in [0.05, 0.1) is 17.1 Å². The summed E-state index contributed by atoms with van der Waals surface area (Å²) in [5.41, 5.74) is 5.38. The number of pyridine rings is 1. The van der Waals surface area contributed by atoms with E-state index in [-0.39, 0.29) is 17.4 Å². The van der Waals surface area contributed by atoms with Crippen molar-refractivity contribution in [1.29, 1.82) is 0 Å². The lowest BCUT2D eigenvalue weighted by Gasteiger charge is -2.15. The maximum Gasteiger partial charge on any atom is 0.276 e. The molecule has 1 aromatic rings. The average molecular weight is 279 g/mol. The van der Waals surface area contributed by atoms with Crippen LogP contribution in [-0.4, -0.2) is 40.3 Å². The number of likely N-dealkylation sites (tertiary alicyclic amines) is 1. The maximum absolute atomic E-state index is 11.8. The molecular weight excluding hydrogens is 262 g/mol. The number of hydrogen-bond donors (Lipinski definition) is 2. The molecular formula is C12H17N5O3. The molecule has 1 aliphatic heterocycles. The number of nitrogen functional groups attached to an aromatic ring is 1. The van der Waals surface area contributed by atoms with Crippen LogP contribution in [0.25, 0.3) is 0 Å². The highest BCUT2D eigenvalue weighted by atomic mass is 16.6. The second-order valence-electron chi connectivity index (χ2n) is 4.66. The molecule has 0 unspecified atom stereocenters. The SMILES string of the molecule is Nc1cc([N+](=O)[O-])cc(NCCC(=O)N2CCCC2)n1. The summed E-state index contributed by atoms with van der Waals surface area (Å²) in [4.78, 5) is 27.8. The van der Waals surface area contributed by atoms with Gasteiger partial charge in [-0.3, -0.25) is 14.9 Å². The van der Waals surface area contributed by atoms with Crippen LogP contribution in [0.4, 0.5) is 17.3 Å². The number of nitro groups is 1. The van der Waals surface area contributed by atoms with E-state index in [2.05, 4.69) is 10.3 Å². The molecule has 1 aliphatic rings. The van der Waals surface area contributed by atoms with Gasteiger partial charge < -0.3 is 16.0 Å². The van der Waals surface area contributed by atoms with E-state index in [1.165, 1.54) is 12.1 Å². The van der Waals surface area contributed by atoms with Gasteiger partial charge in [-0.1, -0.05) is 0 Å². The molecule has 0 aromatic carbocycles. The third kappa shape index (κ3) is 3.56. The summed E-state index contributed by atoms with van der Waals surface area (Å²) in [6.07, 6.45) is 2.45. The quantitative estimate of drug-likeness (QED) is 0.613. The van der Waals surface area contributed by atoms with Crippen LogP contribution < -0.4 is 11.1 Å². The number of nitrogens with one attached hydrogen (secondary N) is 1. The number of nitrogens with zero attached hydrogens (tertiary/aromatic N) is 3. The van der Waals surface area contributed by atoms with Crippen LogP contribution in [0.1, 0.15) is 19.3 Å².